The van der Waals surface area contributed by atoms with Gasteiger partial charge in [0.25, 0.3) is 0 Å². The second-order valence-corrected chi connectivity index (χ2v) is 6.13. The van der Waals surface area contributed by atoms with Crippen molar-refractivity contribution < 1.29 is 9.13 Å². The number of nitrogens with two attached hydrogens (primary N) is 1. The van der Waals surface area contributed by atoms with E-state index in [1.165, 1.54) is 12.1 Å². The normalized spacial score (nSPS) is 10.9. The highest BCUT2D eigenvalue weighted by Crippen LogP contribution is 2.24. The summed E-state index contributed by atoms with van der Waals surface area (Å²) in [4.78, 5) is 13.4. The van der Waals surface area contributed by atoms with E-state index in [1.807, 2.05) is 36.4 Å². The second kappa shape index (κ2) is 6.99. The molecule has 5 nitrogen and oxygen atoms in total. The Bertz CT molecular complexity index is 1110. The minimum atomic E-state index is -0.283. The summed E-state index contributed by atoms with van der Waals surface area (Å²) in [7, 11) is 1.63. The van der Waals surface area contributed by atoms with Crippen LogP contribution in [-0.2, 0) is 6.42 Å². The molecule has 4 rings (SSSR count). The van der Waals surface area contributed by atoms with Gasteiger partial charge >= 0.3 is 0 Å². The van der Waals surface area contributed by atoms with Crippen LogP contribution in [-0.4, -0.2) is 22.1 Å². The van der Waals surface area contributed by atoms with Crippen molar-refractivity contribution in [1.29, 1.82) is 0 Å². The summed E-state index contributed by atoms with van der Waals surface area (Å²) in [5.74, 6) is 0.699. The van der Waals surface area contributed by atoms with Gasteiger partial charge in [-0.05, 0) is 54.1 Å². The lowest BCUT2D eigenvalue weighted by Crippen LogP contribution is -2.03. The Labute approximate surface area is 155 Å². The van der Waals surface area contributed by atoms with Crippen LogP contribution >= 0.6 is 0 Å². The number of fused-ring (bicyclic) bond motifs is 1. The summed E-state index contributed by atoms with van der Waals surface area (Å²) < 4.78 is 18.5. The first-order valence-electron chi connectivity index (χ1n) is 8.44. The van der Waals surface area contributed by atoms with E-state index in [1.54, 1.807) is 19.2 Å². The fraction of sp³-hybridized carbons (Fsp3) is 0.0952. The van der Waals surface area contributed by atoms with Crippen LogP contribution in [0.15, 0.2) is 60.7 Å². The number of nitrogen functional groups attached to an aromatic ring is 1. The first kappa shape index (κ1) is 16.9. The van der Waals surface area contributed by atoms with Crippen molar-refractivity contribution in [3.05, 3.63) is 77.7 Å². The van der Waals surface area contributed by atoms with Crippen molar-refractivity contribution in [3.63, 3.8) is 0 Å². The molecular formula is C21H17FN4O. The topological polar surface area (TPSA) is 73.9 Å². The molecule has 2 aromatic carbocycles. The van der Waals surface area contributed by atoms with E-state index in [-0.39, 0.29) is 11.8 Å². The molecular weight excluding hydrogens is 343 g/mol. The van der Waals surface area contributed by atoms with Gasteiger partial charge in [-0.1, -0.05) is 12.1 Å². The van der Waals surface area contributed by atoms with Crippen LogP contribution in [0.3, 0.4) is 0 Å². The minimum absolute atomic E-state index is 0.205. The van der Waals surface area contributed by atoms with Gasteiger partial charge in [0, 0.05) is 12.0 Å². The third-order valence-corrected chi connectivity index (χ3v) is 4.28. The lowest BCUT2D eigenvalue weighted by molar-refractivity contribution is 0.414. The molecule has 0 saturated heterocycles. The van der Waals surface area contributed by atoms with Crippen LogP contribution in [0.25, 0.3) is 22.3 Å². The maximum Gasteiger partial charge on any atom is 0.220 e. The number of aromatic nitrogens is 3. The fourth-order valence-corrected chi connectivity index (χ4v) is 2.97. The van der Waals surface area contributed by atoms with Gasteiger partial charge < -0.3 is 10.5 Å². The molecule has 0 aliphatic heterocycles. The molecule has 2 heterocycles. The summed E-state index contributed by atoms with van der Waals surface area (Å²) in [5.41, 5.74) is 10.5. The summed E-state index contributed by atoms with van der Waals surface area (Å²) >= 11 is 0. The monoisotopic (exact) mass is 360 g/mol. The number of rotatable bonds is 4. The fourth-order valence-electron chi connectivity index (χ4n) is 2.97. The Balaban J connectivity index is 1.80. The van der Waals surface area contributed by atoms with E-state index in [0.29, 0.717) is 17.5 Å². The van der Waals surface area contributed by atoms with Crippen molar-refractivity contribution in [3.8, 4) is 17.0 Å². The SMILES string of the molecule is COc1cccc(Cc2nc(N)nc3ccc(-c4ccc(F)cc4)nc23)c1. The quantitative estimate of drug-likeness (QED) is 0.595. The molecule has 0 amide bonds. The Kier molecular flexibility index (Phi) is 4.38. The number of halogens is 1. The van der Waals surface area contributed by atoms with Gasteiger partial charge in [0.05, 0.1) is 24.0 Å². The third-order valence-electron chi connectivity index (χ3n) is 4.28. The van der Waals surface area contributed by atoms with Crippen LogP contribution < -0.4 is 10.5 Å². The lowest BCUT2D eigenvalue weighted by atomic mass is 10.1. The lowest BCUT2D eigenvalue weighted by Gasteiger charge is -2.09. The van der Waals surface area contributed by atoms with Gasteiger partial charge in [0.15, 0.2) is 0 Å². The maximum absolute atomic E-state index is 13.2. The number of benzene rings is 2. The number of ether oxygens (including phenoxy) is 1. The van der Waals surface area contributed by atoms with Crippen molar-refractivity contribution in [2.45, 2.75) is 6.42 Å². The zero-order chi connectivity index (χ0) is 18.8. The summed E-state index contributed by atoms with van der Waals surface area (Å²) in [6, 6.07) is 17.7. The van der Waals surface area contributed by atoms with Crippen molar-refractivity contribution in [1.82, 2.24) is 15.0 Å². The smallest absolute Gasteiger partial charge is 0.220 e. The van der Waals surface area contributed by atoms with Crippen LogP contribution in [0.4, 0.5) is 10.3 Å². The molecule has 0 bridgehead atoms. The average molecular weight is 360 g/mol. The van der Waals surface area contributed by atoms with Gasteiger partial charge in [0.2, 0.25) is 5.95 Å². The summed E-state index contributed by atoms with van der Waals surface area (Å²) in [6.07, 6.45) is 0.542. The molecule has 6 heteroatoms. The van der Waals surface area contributed by atoms with Crippen molar-refractivity contribution in [2.75, 3.05) is 12.8 Å². The molecule has 0 atom stereocenters. The Hall–Kier alpha value is -3.54. The van der Waals surface area contributed by atoms with Crippen LogP contribution in [0.2, 0.25) is 0 Å². The summed E-state index contributed by atoms with van der Waals surface area (Å²) in [6.45, 7) is 0. The van der Waals surface area contributed by atoms with E-state index in [4.69, 9.17) is 15.5 Å². The Morgan fingerprint density at radius 2 is 1.78 bits per heavy atom. The van der Waals surface area contributed by atoms with Crippen LogP contribution in [0.5, 0.6) is 5.75 Å². The van der Waals surface area contributed by atoms with Crippen LogP contribution in [0, 0.1) is 5.82 Å². The molecule has 0 unspecified atom stereocenters. The van der Waals surface area contributed by atoms with Crippen molar-refractivity contribution in [2.24, 2.45) is 0 Å². The second-order valence-electron chi connectivity index (χ2n) is 6.13. The standard InChI is InChI=1S/C21H17FN4O/c1-27-16-4-2-3-13(11-16)12-19-20-18(25-21(23)26-19)10-9-17(24-20)14-5-7-15(22)8-6-14/h2-11H,12H2,1H3,(H2,23,25,26). The molecule has 4 aromatic rings. The zero-order valence-corrected chi connectivity index (χ0v) is 14.7. The predicted octanol–water partition coefficient (Wildman–Crippen LogP) is 4.01. The molecule has 2 N–H and O–H groups in total. The largest absolute Gasteiger partial charge is 0.497 e. The average Bonchev–Trinajstić information content (AvgIpc) is 2.68. The van der Waals surface area contributed by atoms with Gasteiger partial charge in [-0.25, -0.2) is 19.3 Å². The van der Waals surface area contributed by atoms with E-state index in [9.17, 15) is 4.39 Å². The van der Waals surface area contributed by atoms with Gasteiger partial charge in [-0.3, -0.25) is 0 Å². The van der Waals surface area contributed by atoms with Gasteiger partial charge in [-0.2, -0.15) is 0 Å². The van der Waals surface area contributed by atoms with E-state index in [2.05, 4.69) is 9.97 Å². The molecule has 27 heavy (non-hydrogen) atoms. The van der Waals surface area contributed by atoms with Gasteiger partial charge in [0.1, 0.15) is 17.1 Å². The number of anilines is 1. The minimum Gasteiger partial charge on any atom is -0.497 e. The highest BCUT2D eigenvalue weighted by molar-refractivity contribution is 5.81. The first-order chi connectivity index (χ1) is 13.1. The molecule has 0 aliphatic rings. The summed E-state index contributed by atoms with van der Waals surface area (Å²) in [5, 5.41) is 0. The molecule has 0 saturated carbocycles. The Morgan fingerprint density at radius 1 is 0.963 bits per heavy atom. The molecule has 2 aromatic heterocycles. The highest BCUT2D eigenvalue weighted by Gasteiger charge is 2.11. The van der Waals surface area contributed by atoms with Gasteiger partial charge in [-0.15, -0.1) is 0 Å². The zero-order valence-electron chi connectivity index (χ0n) is 14.7. The van der Waals surface area contributed by atoms with Crippen molar-refractivity contribution >= 4 is 17.0 Å². The number of methoxy groups -OCH3 is 1. The van der Waals surface area contributed by atoms with Crippen LogP contribution in [0.1, 0.15) is 11.3 Å². The number of hydrogen-bond donors (Lipinski definition) is 1. The van der Waals surface area contributed by atoms with E-state index in [0.717, 1.165) is 28.3 Å². The molecule has 0 aliphatic carbocycles. The molecule has 0 fully saturated rings. The van der Waals surface area contributed by atoms with E-state index < -0.39 is 0 Å². The third kappa shape index (κ3) is 3.55. The van der Waals surface area contributed by atoms with E-state index >= 15 is 0 Å². The maximum atomic E-state index is 13.2. The number of hydrogen-bond acceptors (Lipinski definition) is 5. The molecule has 134 valence electrons. The molecule has 0 radical (unpaired) electrons. The number of pyridine rings is 1. The molecule has 0 spiro atoms. The Morgan fingerprint density at radius 3 is 2.56 bits per heavy atom. The number of nitrogens with zero attached hydrogens (tertiary/aromatic N) is 3. The first-order valence-corrected chi connectivity index (χ1v) is 8.44. The highest BCUT2D eigenvalue weighted by atomic mass is 19.1. The predicted molar refractivity (Wildman–Crippen MR) is 103 cm³/mol.